The van der Waals surface area contributed by atoms with Gasteiger partial charge in [-0.2, -0.15) is 13.2 Å². The van der Waals surface area contributed by atoms with Crippen LogP contribution in [0.3, 0.4) is 0 Å². The van der Waals surface area contributed by atoms with E-state index >= 15 is 0 Å². The number of nitrogens with zero attached hydrogens (tertiary/aromatic N) is 3. The zero-order valence-corrected chi connectivity index (χ0v) is 20.9. The van der Waals surface area contributed by atoms with Gasteiger partial charge in [-0.05, 0) is 73.0 Å². The van der Waals surface area contributed by atoms with Crippen LogP contribution in [0.5, 0.6) is 0 Å². The van der Waals surface area contributed by atoms with Crippen molar-refractivity contribution in [3.8, 4) is 5.69 Å². The number of aromatic nitrogens is 4. The Hall–Kier alpha value is -4.99. The second kappa shape index (κ2) is 10.1. The maximum Gasteiger partial charge on any atom is 0.416 e. The molecule has 5 aromatic rings. The van der Waals surface area contributed by atoms with Crippen molar-refractivity contribution >= 4 is 34.8 Å². The van der Waals surface area contributed by atoms with Crippen LogP contribution in [-0.2, 0) is 6.18 Å². The lowest BCUT2D eigenvalue weighted by atomic mass is 10.0. The summed E-state index contributed by atoms with van der Waals surface area (Å²) < 4.78 is 42.2. The van der Waals surface area contributed by atoms with Crippen molar-refractivity contribution < 1.29 is 18.0 Å². The normalized spacial score (nSPS) is 11.8. The number of benzene rings is 2. The van der Waals surface area contributed by atoms with E-state index in [1.165, 1.54) is 23.0 Å². The van der Waals surface area contributed by atoms with Gasteiger partial charge in [0, 0.05) is 40.8 Å². The van der Waals surface area contributed by atoms with Crippen molar-refractivity contribution in [1.29, 1.82) is 0 Å². The number of nitrogens with one attached hydrogen (secondary N) is 2. The molecule has 2 N–H and O–H groups in total. The van der Waals surface area contributed by atoms with Gasteiger partial charge in [0.05, 0.1) is 17.6 Å². The number of halogens is 3. The van der Waals surface area contributed by atoms with Crippen LogP contribution in [0.2, 0.25) is 0 Å². The summed E-state index contributed by atoms with van der Waals surface area (Å²) in [5, 5.41) is 3.37. The third-order valence-corrected chi connectivity index (χ3v) is 6.10. The summed E-state index contributed by atoms with van der Waals surface area (Å²) in [6.45, 7) is 3.62. The SMILES string of the molecule is Cc1cn(-c2cc(NC(=O)c3ccc(C)c(/C=C/c4cnc5[nH]c(=O)ccc5c4)c3)cc(C(F)(F)F)c2)cn1. The quantitative estimate of drug-likeness (QED) is 0.285. The van der Waals surface area contributed by atoms with E-state index in [-0.39, 0.29) is 22.5 Å². The van der Waals surface area contributed by atoms with Crippen molar-refractivity contribution in [2.24, 2.45) is 0 Å². The van der Waals surface area contributed by atoms with Crippen LogP contribution in [0.1, 0.15) is 38.3 Å². The molecular weight excluding hydrogens is 507 g/mol. The highest BCUT2D eigenvalue weighted by molar-refractivity contribution is 6.05. The number of aryl methyl sites for hydroxylation is 2. The number of hydrogen-bond donors (Lipinski definition) is 2. The van der Waals surface area contributed by atoms with E-state index in [1.807, 2.05) is 25.1 Å². The summed E-state index contributed by atoms with van der Waals surface area (Å²) in [6, 6.07) is 13.4. The van der Waals surface area contributed by atoms with Gasteiger partial charge >= 0.3 is 6.18 Å². The average Bonchev–Trinajstić information content (AvgIpc) is 3.33. The minimum Gasteiger partial charge on any atom is -0.322 e. The molecule has 5 rings (SSSR count). The molecular formula is C29H22F3N5O2. The number of alkyl halides is 3. The molecule has 0 aliphatic rings. The Bertz CT molecular complexity index is 1800. The molecule has 0 radical (unpaired) electrons. The monoisotopic (exact) mass is 529 g/mol. The fourth-order valence-electron chi connectivity index (χ4n) is 4.05. The number of fused-ring (bicyclic) bond motifs is 1. The standard InChI is InChI=1S/C29H22F3N5O2/c1-17-3-5-22(10-20(17)6-4-19-9-21-7-8-26(38)36-27(21)33-14-19)28(39)35-24-11-23(29(30,31)32)12-25(13-24)37-15-18(2)34-16-37/h3-16H,1-2H3,(H,35,39)(H,33,36,38)/b6-4+. The zero-order chi connectivity index (χ0) is 27.7. The summed E-state index contributed by atoms with van der Waals surface area (Å²) in [6.07, 6.45) is 3.69. The van der Waals surface area contributed by atoms with Crippen molar-refractivity contribution in [1.82, 2.24) is 19.5 Å². The zero-order valence-electron chi connectivity index (χ0n) is 20.9. The van der Waals surface area contributed by atoms with Crippen LogP contribution < -0.4 is 10.9 Å². The smallest absolute Gasteiger partial charge is 0.322 e. The number of rotatable bonds is 5. The van der Waals surface area contributed by atoms with Gasteiger partial charge in [0.2, 0.25) is 5.56 Å². The molecule has 2 aromatic carbocycles. The Balaban J connectivity index is 1.41. The molecule has 0 saturated carbocycles. The number of hydrogen-bond acceptors (Lipinski definition) is 4. The molecule has 0 saturated heterocycles. The predicted octanol–water partition coefficient (Wildman–Crippen LogP) is 6.17. The fourth-order valence-corrected chi connectivity index (χ4v) is 4.05. The summed E-state index contributed by atoms with van der Waals surface area (Å²) in [5.41, 5.74) is 2.96. The predicted molar refractivity (Wildman–Crippen MR) is 144 cm³/mol. The topological polar surface area (TPSA) is 92.7 Å². The van der Waals surface area contributed by atoms with Crippen LogP contribution in [0, 0.1) is 13.8 Å². The summed E-state index contributed by atoms with van der Waals surface area (Å²) in [4.78, 5) is 35.5. The largest absolute Gasteiger partial charge is 0.416 e. The molecule has 196 valence electrons. The number of aromatic amines is 1. The molecule has 10 heteroatoms. The number of amides is 1. The van der Waals surface area contributed by atoms with Gasteiger partial charge in [0.1, 0.15) is 5.65 Å². The number of pyridine rings is 2. The van der Waals surface area contributed by atoms with E-state index in [9.17, 15) is 22.8 Å². The van der Waals surface area contributed by atoms with E-state index < -0.39 is 17.6 Å². The summed E-state index contributed by atoms with van der Waals surface area (Å²) in [5.74, 6) is -0.548. The molecule has 0 aliphatic carbocycles. The lowest BCUT2D eigenvalue weighted by molar-refractivity contribution is -0.137. The maximum atomic E-state index is 13.6. The first kappa shape index (κ1) is 25.7. The minimum atomic E-state index is -4.60. The Morgan fingerprint density at radius 1 is 1.00 bits per heavy atom. The molecule has 0 spiro atoms. The van der Waals surface area contributed by atoms with Crippen molar-refractivity contribution in [3.63, 3.8) is 0 Å². The van der Waals surface area contributed by atoms with Gasteiger partial charge in [-0.3, -0.25) is 9.59 Å². The third kappa shape index (κ3) is 5.80. The first-order valence-electron chi connectivity index (χ1n) is 11.9. The maximum absolute atomic E-state index is 13.6. The van der Waals surface area contributed by atoms with Crippen LogP contribution in [0.25, 0.3) is 28.9 Å². The molecule has 3 heterocycles. The molecule has 3 aromatic heterocycles. The van der Waals surface area contributed by atoms with Crippen LogP contribution in [0.4, 0.5) is 18.9 Å². The second-order valence-electron chi connectivity index (χ2n) is 9.08. The number of carbonyl (C=O) groups excluding carboxylic acids is 1. The Labute approximate surface area is 220 Å². The highest BCUT2D eigenvalue weighted by Crippen LogP contribution is 2.33. The average molecular weight is 530 g/mol. The molecule has 0 aliphatic heterocycles. The molecule has 0 unspecified atom stereocenters. The van der Waals surface area contributed by atoms with E-state index in [0.29, 0.717) is 11.3 Å². The molecule has 0 fully saturated rings. The molecule has 0 bridgehead atoms. The van der Waals surface area contributed by atoms with E-state index in [4.69, 9.17) is 0 Å². The number of carbonyl (C=O) groups is 1. The first-order valence-corrected chi connectivity index (χ1v) is 11.9. The van der Waals surface area contributed by atoms with E-state index in [0.717, 1.165) is 34.2 Å². The van der Waals surface area contributed by atoms with Crippen molar-refractivity contribution in [2.75, 3.05) is 5.32 Å². The van der Waals surface area contributed by atoms with Gasteiger partial charge in [-0.25, -0.2) is 9.97 Å². The van der Waals surface area contributed by atoms with Gasteiger partial charge in [-0.15, -0.1) is 0 Å². The number of anilines is 1. The molecule has 7 nitrogen and oxygen atoms in total. The van der Waals surface area contributed by atoms with Crippen molar-refractivity contribution in [3.05, 3.63) is 117 Å². The Morgan fingerprint density at radius 3 is 2.56 bits per heavy atom. The van der Waals surface area contributed by atoms with Crippen LogP contribution >= 0.6 is 0 Å². The third-order valence-electron chi connectivity index (χ3n) is 6.10. The van der Waals surface area contributed by atoms with E-state index in [2.05, 4.69) is 20.3 Å². The molecule has 1 amide bonds. The highest BCUT2D eigenvalue weighted by Gasteiger charge is 2.31. The van der Waals surface area contributed by atoms with Gasteiger partial charge < -0.3 is 14.9 Å². The Morgan fingerprint density at radius 2 is 1.82 bits per heavy atom. The summed E-state index contributed by atoms with van der Waals surface area (Å²) >= 11 is 0. The molecule has 0 atom stereocenters. The molecule has 39 heavy (non-hydrogen) atoms. The van der Waals surface area contributed by atoms with Gasteiger partial charge in [0.15, 0.2) is 0 Å². The van der Waals surface area contributed by atoms with Crippen molar-refractivity contribution in [2.45, 2.75) is 20.0 Å². The number of imidazole rings is 1. The highest BCUT2D eigenvalue weighted by atomic mass is 19.4. The minimum absolute atomic E-state index is 0.00845. The van der Waals surface area contributed by atoms with E-state index in [1.54, 1.807) is 43.6 Å². The first-order chi connectivity index (χ1) is 18.5. The second-order valence-corrected chi connectivity index (χ2v) is 9.08. The van der Waals surface area contributed by atoms with Gasteiger partial charge in [-0.1, -0.05) is 18.2 Å². The Kier molecular flexibility index (Phi) is 6.61. The fraction of sp³-hybridized carbons (Fsp3) is 0.103. The lowest BCUT2D eigenvalue weighted by Gasteiger charge is -2.14. The van der Waals surface area contributed by atoms with Gasteiger partial charge in [0.25, 0.3) is 5.91 Å². The number of H-pyrrole nitrogens is 1. The van der Waals surface area contributed by atoms with Crippen LogP contribution in [-0.4, -0.2) is 25.4 Å². The van der Waals surface area contributed by atoms with Crippen LogP contribution in [0.15, 0.2) is 78.1 Å². The summed E-state index contributed by atoms with van der Waals surface area (Å²) in [7, 11) is 0. The lowest BCUT2D eigenvalue weighted by Crippen LogP contribution is -2.14.